The Kier molecular flexibility index (Phi) is 6.07. The predicted molar refractivity (Wildman–Crippen MR) is 65.5 cm³/mol. The van der Waals surface area contributed by atoms with Crippen LogP contribution in [0.3, 0.4) is 0 Å². The molecule has 0 spiro atoms. The van der Waals surface area contributed by atoms with Gasteiger partial charge in [-0.05, 0) is 18.4 Å². The number of amides is 1. The van der Waals surface area contributed by atoms with E-state index in [2.05, 4.69) is 10.6 Å². The maximum atomic E-state index is 11.4. The van der Waals surface area contributed by atoms with E-state index < -0.39 is 0 Å². The molecule has 1 amide bonds. The van der Waals surface area contributed by atoms with E-state index in [0.29, 0.717) is 13.2 Å². The lowest BCUT2D eigenvalue weighted by Gasteiger charge is -2.12. The third kappa shape index (κ3) is 5.25. The third-order valence-electron chi connectivity index (χ3n) is 1.99. The molecule has 1 aromatic heterocycles. The molecule has 4 nitrogen and oxygen atoms in total. The van der Waals surface area contributed by atoms with E-state index in [4.69, 9.17) is 4.74 Å². The number of hydrogen-bond acceptors (Lipinski definition) is 4. The summed E-state index contributed by atoms with van der Waals surface area (Å²) in [4.78, 5) is 12.7. The van der Waals surface area contributed by atoms with Crippen LogP contribution in [0.4, 0.5) is 0 Å². The highest BCUT2D eigenvalue weighted by Crippen LogP contribution is 2.06. The average molecular weight is 242 g/mol. The highest BCUT2D eigenvalue weighted by atomic mass is 32.1. The van der Waals surface area contributed by atoms with Gasteiger partial charge in [-0.2, -0.15) is 0 Å². The number of ether oxygens (including phenoxy) is 1. The van der Waals surface area contributed by atoms with E-state index in [1.54, 1.807) is 18.4 Å². The number of rotatable bonds is 7. The maximum absolute atomic E-state index is 11.4. The summed E-state index contributed by atoms with van der Waals surface area (Å²) >= 11 is 1.68. The Hall–Kier alpha value is -0.910. The fourth-order valence-corrected chi connectivity index (χ4v) is 2.00. The van der Waals surface area contributed by atoms with E-state index >= 15 is 0 Å². The first kappa shape index (κ1) is 13.2. The van der Waals surface area contributed by atoms with Gasteiger partial charge in [0.15, 0.2) is 0 Å². The first-order chi connectivity index (χ1) is 7.72. The van der Waals surface area contributed by atoms with Crippen LogP contribution in [0.15, 0.2) is 17.5 Å². The summed E-state index contributed by atoms with van der Waals surface area (Å²) < 4.78 is 4.93. The van der Waals surface area contributed by atoms with Crippen LogP contribution in [0.2, 0.25) is 0 Å². The second kappa shape index (κ2) is 7.38. The molecule has 0 saturated carbocycles. The summed E-state index contributed by atoms with van der Waals surface area (Å²) in [6, 6.07) is 4.10. The van der Waals surface area contributed by atoms with Gasteiger partial charge in [0.2, 0.25) is 5.91 Å². The van der Waals surface area contributed by atoms with Crippen molar-refractivity contribution in [2.24, 2.45) is 0 Å². The van der Waals surface area contributed by atoms with Crippen LogP contribution >= 0.6 is 11.3 Å². The predicted octanol–water partition coefficient (Wildman–Crippen LogP) is 0.989. The van der Waals surface area contributed by atoms with Crippen molar-refractivity contribution in [3.8, 4) is 0 Å². The molecule has 0 aliphatic carbocycles. The lowest BCUT2D eigenvalue weighted by Crippen LogP contribution is -2.40. The molecule has 1 atom stereocenters. The van der Waals surface area contributed by atoms with Gasteiger partial charge in [0.1, 0.15) is 0 Å². The van der Waals surface area contributed by atoms with Crippen LogP contribution in [-0.4, -0.2) is 32.2 Å². The molecule has 0 bridgehead atoms. The first-order valence-electron chi connectivity index (χ1n) is 5.23. The van der Waals surface area contributed by atoms with Crippen molar-refractivity contribution in [3.63, 3.8) is 0 Å². The lowest BCUT2D eigenvalue weighted by atomic mass is 10.3. The van der Waals surface area contributed by atoms with Gasteiger partial charge in [-0.25, -0.2) is 0 Å². The van der Waals surface area contributed by atoms with Gasteiger partial charge >= 0.3 is 0 Å². The van der Waals surface area contributed by atoms with Crippen molar-refractivity contribution in [2.75, 3.05) is 20.3 Å². The van der Waals surface area contributed by atoms with Gasteiger partial charge in [-0.3, -0.25) is 4.79 Å². The summed E-state index contributed by atoms with van der Waals surface area (Å²) in [6.07, 6.45) is 0. The van der Waals surface area contributed by atoms with Crippen molar-refractivity contribution < 1.29 is 9.53 Å². The standard InChI is InChI=1S/C11H18N2O2S/c1-9(8-15-2)13-11(14)7-12-6-10-4-3-5-16-10/h3-5,9,12H,6-8H2,1-2H3,(H,13,14). The number of hydrogen-bond donors (Lipinski definition) is 2. The third-order valence-corrected chi connectivity index (χ3v) is 2.87. The number of carbonyl (C=O) groups is 1. The van der Waals surface area contributed by atoms with E-state index in [1.807, 2.05) is 24.4 Å². The molecule has 0 saturated heterocycles. The summed E-state index contributed by atoms with van der Waals surface area (Å²) in [5, 5.41) is 7.96. The number of carbonyl (C=O) groups excluding carboxylic acids is 1. The van der Waals surface area contributed by atoms with Crippen molar-refractivity contribution in [3.05, 3.63) is 22.4 Å². The Morgan fingerprint density at radius 1 is 1.62 bits per heavy atom. The van der Waals surface area contributed by atoms with Crippen molar-refractivity contribution in [1.82, 2.24) is 10.6 Å². The highest BCUT2D eigenvalue weighted by molar-refractivity contribution is 7.09. The Labute approximate surface area is 100 Å². The van der Waals surface area contributed by atoms with Gasteiger partial charge < -0.3 is 15.4 Å². The van der Waals surface area contributed by atoms with Gasteiger partial charge in [0.25, 0.3) is 0 Å². The SMILES string of the molecule is COCC(C)NC(=O)CNCc1cccs1. The van der Waals surface area contributed by atoms with Gasteiger partial charge in [-0.15, -0.1) is 11.3 Å². The summed E-state index contributed by atoms with van der Waals surface area (Å²) in [7, 11) is 1.62. The van der Waals surface area contributed by atoms with Crippen molar-refractivity contribution in [1.29, 1.82) is 0 Å². The molecule has 0 aliphatic rings. The maximum Gasteiger partial charge on any atom is 0.234 e. The fourth-order valence-electron chi connectivity index (χ4n) is 1.33. The average Bonchev–Trinajstić information content (AvgIpc) is 2.70. The van der Waals surface area contributed by atoms with Crippen LogP contribution in [0.5, 0.6) is 0 Å². The second-order valence-electron chi connectivity index (χ2n) is 3.61. The molecule has 90 valence electrons. The number of thiophene rings is 1. The highest BCUT2D eigenvalue weighted by Gasteiger charge is 2.06. The molecule has 2 N–H and O–H groups in total. The Bertz CT molecular complexity index is 301. The zero-order valence-electron chi connectivity index (χ0n) is 9.66. The van der Waals surface area contributed by atoms with E-state index in [-0.39, 0.29) is 11.9 Å². The van der Waals surface area contributed by atoms with E-state index in [1.165, 1.54) is 4.88 Å². The van der Waals surface area contributed by atoms with Gasteiger partial charge in [0, 0.05) is 24.6 Å². The molecule has 1 rings (SSSR count). The van der Waals surface area contributed by atoms with E-state index in [0.717, 1.165) is 6.54 Å². The molecule has 1 unspecified atom stereocenters. The first-order valence-corrected chi connectivity index (χ1v) is 6.11. The van der Waals surface area contributed by atoms with Crippen molar-refractivity contribution >= 4 is 17.2 Å². The number of nitrogens with one attached hydrogen (secondary N) is 2. The summed E-state index contributed by atoms with van der Waals surface area (Å²) in [5.74, 6) is 0.00102. The molecular formula is C11H18N2O2S. The smallest absolute Gasteiger partial charge is 0.234 e. The molecule has 0 aliphatic heterocycles. The van der Waals surface area contributed by atoms with Crippen molar-refractivity contribution in [2.45, 2.75) is 19.5 Å². The van der Waals surface area contributed by atoms with Crippen LogP contribution in [0.1, 0.15) is 11.8 Å². The normalized spacial score (nSPS) is 12.4. The summed E-state index contributed by atoms with van der Waals surface area (Å²) in [6.45, 7) is 3.53. The van der Waals surface area contributed by atoms with Gasteiger partial charge in [0.05, 0.1) is 13.2 Å². The van der Waals surface area contributed by atoms with Crippen LogP contribution in [0.25, 0.3) is 0 Å². The molecule has 16 heavy (non-hydrogen) atoms. The topological polar surface area (TPSA) is 50.4 Å². The lowest BCUT2D eigenvalue weighted by molar-refractivity contribution is -0.121. The molecule has 5 heteroatoms. The Morgan fingerprint density at radius 2 is 2.44 bits per heavy atom. The fraction of sp³-hybridized carbons (Fsp3) is 0.545. The minimum absolute atomic E-state index is 0.00102. The van der Waals surface area contributed by atoms with Crippen LogP contribution < -0.4 is 10.6 Å². The second-order valence-corrected chi connectivity index (χ2v) is 4.64. The van der Waals surface area contributed by atoms with Gasteiger partial charge in [-0.1, -0.05) is 6.07 Å². The molecule has 0 radical (unpaired) electrons. The molecular weight excluding hydrogens is 224 g/mol. The molecule has 0 aromatic carbocycles. The summed E-state index contributed by atoms with van der Waals surface area (Å²) in [5.41, 5.74) is 0. The molecule has 1 aromatic rings. The largest absolute Gasteiger partial charge is 0.383 e. The minimum atomic E-state index is 0.00102. The number of methoxy groups -OCH3 is 1. The Balaban J connectivity index is 2.10. The molecule has 1 heterocycles. The molecule has 0 fully saturated rings. The minimum Gasteiger partial charge on any atom is -0.383 e. The zero-order valence-corrected chi connectivity index (χ0v) is 10.5. The Morgan fingerprint density at radius 3 is 3.06 bits per heavy atom. The monoisotopic (exact) mass is 242 g/mol. The van der Waals surface area contributed by atoms with E-state index in [9.17, 15) is 4.79 Å². The van der Waals surface area contributed by atoms with Crippen LogP contribution in [-0.2, 0) is 16.1 Å². The van der Waals surface area contributed by atoms with Crippen LogP contribution in [0, 0.1) is 0 Å². The quantitative estimate of drug-likeness (QED) is 0.749. The zero-order chi connectivity index (χ0) is 11.8.